The Morgan fingerprint density at radius 1 is 1.48 bits per heavy atom. The summed E-state index contributed by atoms with van der Waals surface area (Å²) in [6.45, 7) is 0.00113. The van der Waals surface area contributed by atoms with Crippen LogP contribution in [0, 0.1) is 11.3 Å². The molecule has 0 fully saturated rings. The van der Waals surface area contributed by atoms with E-state index in [9.17, 15) is 13.2 Å². The van der Waals surface area contributed by atoms with Gasteiger partial charge in [-0.15, -0.1) is 0 Å². The fourth-order valence-corrected chi connectivity index (χ4v) is 3.11. The lowest BCUT2D eigenvalue weighted by molar-refractivity contribution is 0.381. The fourth-order valence-electron chi connectivity index (χ4n) is 1.54. The number of benzene rings is 1. The Labute approximate surface area is 124 Å². The lowest BCUT2D eigenvalue weighted by atomic mass is 10.2. The first-order valence-electron chi connectivity index (χ1n) is 5.66. The van der Waals surface area contributed by atoms with Crippen LogP contribution in [0.5, 0.6) is 0 Å². The Hall–Kier alpha value is -2.15. The minimum absolute atomic E-state index is 0.00113. The van der Waals surface area contributed by atoms with Gasteiger partial charge in [-0.2, -0.15) is 5.26 Å². The molecule has 2 aromatic rings. The molecule has 0 saturated heterocycles. The van der Waals surface area contributed by atoms with Crippen molar-refractivity contribution in [2.24, 2.45) is 0 Å². The predicted octanol–water partition coefficient (Wildman–Crippen LogP) is 0.409. The van der Waals surface area contributed by atoms with Gasteiger partial charge in [-0.25, -0.2) is 17.9 Å². The second-order valence-corrected chi connectivity index (χ2v) is 6.09. The zero-order chi connectivity index (χ0) is 15.5. The summed E-state index contributed by atoms with van der Waals surface area (Å²) in [5.41, 5.74) is 0.263. The van der Waals surface area contributed by atoms with Crippen molar-refractivity contribution in [1.29, 1.82) is 5.26 Å². The van der Waals surface area contributed by atoms with Gasteiger partial charge in [0.15, 0.2) is 5.82 Å². The summed E-state index contributed by atoms with van der Waals surface area (Å²) in [5.74, 6) is -0.475. The van der Waals surface area contributed by atoms with Crippen molar-refractivity contribution in [1.82, 2.24) is 14.9 Å². The predicted molar refractivity (Wildman–Crippen MR) is 72.2 cm³/mol. The summed E-state index contributed by atoms with van der Waals surface area (Å²) in [5, 5.41) is 12.1. The molecule has 1 aromatic heterocycles. The maximum Gasteiger partial charge on any atom is 0.438 e. The molecule has 0 bridgehead atoms. The molecule has 0 aliphatic rings. The second-order valence-electron chi connectivity index (χ2n) is 3.95. The largest absolute Gasteiger partial charge is 0.438 e. The molecule has 2 rings (SSSR count). The monoisotopic (exact) mass is 328 g/mol. The van der Waals surface area contributed by atoms with Crippen molar-refractivity contribution in [3.63, 3.8) is 0 Å². The SMILES string of the molecule is N#Cc1ccc(S(=O)(=O)NCCc2noc(=O)[nH]2)c(Cl)c1. The van der Waals surface area contributed by atoms with Crippen molar-refractivity contribution in [2.45, 2.75) is 11.3 Å². The Morgan fingerprint density at radius 3 is 2.81 bits per heavy atom. The van der Waals surface area contributed by atoms with E-state index in [2.05, 4.69) is 19.4 Å². The number of nitriles is 1. The van der Waals surface area contributed by atoms with E-state index in [4.69, 9.17) is 16.9 Å². The van der Waals surface area contributed by atoms with E-state index in [1.165, 1.54) is 18.2 Å². The molecule has 10 heteroatoms. The minimum Gasteiger partial charge on any atom is -0.296 e. The molecular weight excluding hydrogens is 320 g/mol. The van der Waals surface area contributed by atoms with Crippen molar-refractivity contribution >= 4 is 21.6 Å². The molecule has 0 aliphatic heterocycles. The lowest BCUT2D eigenvalue weighted by Crippen LogP contribution is -2.26. The summed E-state index contributed by atoms with van der Waals surface area (Å²) >= 11 is 5.85. The molecule has 0 unspecified atom stereocenters. The Balaban J connectivity index is 2.08. The Bertz CT molecular complexity index is 850. The Kier molecular flexibility index (Phi) is 4.42. The quantitative estimate of drug-likeness (QED) is 0.817. The minimum atomic E-state index is -3.82. The van der Waals surface area contributed by atoms with Gasteiger partial charge in [0.25, 0.3) is 0 Å². The molecular formula is C11H9ClN4O4S. The second kappa shape index (κ2) is 6.09. The average Bonchev–Trinajstić information content (AvgIpc) is 2.83. The van der Waals surface area contributed by atoms with Crippen LogP contribution in [0.25, 0.3) is 0 Å². The van der Waals surface area contributed by atoms with Gasteiger partial charge >= 0.3 is 5.76 Å². The number of halogens is 1. The molecule has 0 aliphatic carbocycles. The molecule has 0 radical (unpaired) electrons. The molecule has 0 atom stereocenters. The van der Waals surface area contributed by atoms with E-state index < -0.39 is 15.8 Å². The van der Waals surface area contributed by atoms with Gasteiger partial charge < -0.3 is 0 Å². The van der Waals surface area contributed by atoms with Crippen molar-refractivity contribution in [3.8, 4) is 6.07 Å². The van der Waals surface area contributed by atoms with Gasteiger partial charge in [-0.05, 0) is 18.2 Å². The molecule has 2 N–H and O–H groups in total. The van der Waals surface area contributed by atoms with Gasteiger partial charge in [0.05, 0.1) is 16.7 Å². The molecule has 8 nitrogen and oxygen atoms in total. The standard InChI is InChI=1S/C11H9ClN4O4S/c12-8-5-7(6-13)1-2-9(8)21(18,19)14-4-3-10-15-11(17)20-16-10/h1-2,5,14H,3-4H2,(H,15,16,17). The maximum absolute atomic E-state index is 12.1. The zero-order valence-electron chi connectivity index (χ0n) is 10.5. The van der Waals surface area contributed by atoms with Gasteiger partial charge in [0.2, 0.25) is 10.0 Å². The van der Waals surface area contributed by atoms with Gasteiger partial charge in [0, 0.05) is 13.0 Å². The number of H-pyrrole nitrogens is 1. The maximum atomic E-state index is 12.1. The smallest absolute Gasteiger partial charge is 0.296 e. The van der Waals surface area contributed by atoms with E-state index in [0.717, 1.165) is 0 Å². The van der Waals surface area contributed by atoms with Crippen LogP contribution < -0.4 is 10.5 Å². The molecule has 0 saturated carbocycles. The third kappa shape index (κ3) is 3.69. The first-order chi connectivity index (χ1) is 9.92. The van der Waals surface area contributed by atoms with Crippen LogP contribution in [0.3, 0.4) is 0 Å². The van der Waals surface area contributed by atoms with Crippen molar-refractivity contribution in [2.75, 3.05) is 6.54 Å². The molecule has 110 valence electrons. The van der Waals surface area contributed by atoms with Crippen LogP contribution in [0.4, 0.5) is 0 Å². The summed E-state index contributed by atoms with van der Waals surface area (Å²) < 4.78 is 30.7. The number of rotatable bonds is 5. The number of hydrogen-bond donors (Lipinski definition) is 2. The summed E-state index contributed by atoms with van der Waals surface area (Å²) in [4.78, 5) is 12.9. The Morgan fingerprint density at radius 2 is 2.24 bits per heavy atom. The average molecular weight is 329 g/mol. The molecule has 21 heavy (non-hydrogen) atoms. The zero-order valence-corrected chi connectivity index (χ0v) is 12.0. The van der Waals surface area contributed by atoms with E-state index in [1.807, 2.05) is 6.07 Å². The van der Waals surface area contributed by atoms with Gasteiger partial charge in [-0.1, -0.05) is 16.8 Å². The fraction of sp³-hybridized carbons (Fsp3) is 0.182. The first-order valence-corrected chi connectivity index (χ1v) is 7.52. The van der Waals surface area contributed by atoms with E-state index in [-0.39, 0.29) is 34.3 Å². The van der Waals surface area contributed by atoms with Crippen molar-refractivity contribution in [3.05, 3.63) is 45.2 Å². The molecule has 0 spiro atoms. The topological polar surface area (TPSA) is 129 Å². The van der Waals surface area contributed by atoms with Crippen LogP contribution in [-0.2, 0) is 16.4 Å². The highest BCUT2D eigenvalue weighted by Gasteiger charge is 2.18. The summed E-state index contributed by atoms with van der Waals surface area (Å²) in [6, 6.07) is 5.74. The van der Waals surface area contributed by atoms with Gasteiger partial charge in [-0.3, -0.25) is 9.51 Å². The first kappa shape index (κ1) is 15.2. The number of hydrogen-bond acceptors (Lipinski definition) is 6. The number of nitrogens with zero attached hydrogens (tertiary/aromatic N) is 2. The number of aromatic amines is 1. The third-order valence-corrected chi connectivity index (χ3v) is 4.43. The summed E-state index contributed by atoms with van der Waals surface area (Å²) in [7, 11) is -3.82. The highest BCUT2D eigenvalue weighted by Crippen LogP contribution is 2.22. The third-order valence-electron chi connectivity index (χ3n) is 2.49. The van der Waals surface area contributed by atoms with Gasteiger partial charge in [0.1, 0.15) is 4.90 Å². The lowest BCUT2D eigenvalue weighted by Gasteiger charge is -2.07. The van der Waals surface area contributed by atoms with Crippen molar-refractivity contribution < 1.29 is 12.9 Å². The number of sulfonamides is 1. The van der Waals surface area contributed by atoms with E-state index in [0.29, 0.717) is 0 Å². The highest BCUT2D eigenvalue weighted by molar-refractivity contribution is 7.89. The van der Waals surface area contributed by atoms with Crippen LogP contribution in [0.2, 0.25) is 5.02 Å². The van der Waals surface area contributed by atoms with E-state index >= 15 is 0 Å². The van der Waals surface area contributed by atoms with Crippen LogP contribution in [-0.4, -0.2) is 25.1 Å². The normalized spacial score (nSPS) is 11.2. The molecule has 1 aromatic carbocycles. The number of aromatic nitrogens is 2. The molecule has 0 amide bonds. The van der Waals surface area contributed by atoms with E-state index in [1.54, 1.807) is 0 Å². The highest BCUT2D eigenvalue weighted by atomic mass is 35.5. The summed E-state index contributed by atoms with van der Waals surface area (Å²) in [6.07, 6.45) is 0.152. The number of nitrogens with one attached hydrogen (secondary N) is 2. The van der Waals surface area contributed by atoms with Crippen LogP contribution in [0.1, 0.15) is 11.4 Å². The molecule has 1 heterocycles. The van der Waals surface area contributed by atoms with Crippen LogP contribution in [0.15, 0.2) is 32.4 Å². The van der Waals surface area contributed by atoms with Crippen LogP contribution >= 0.6 is 11.6 Å².